The van der Waals surface area contributed by atoms with Gasteiger partial charge in [-0.1, -0.05) is 24.3 Å². The van der Waals surface area contributed by atoms with E-state index in [1.54, 1.807) is 0 Å². The van der Waals surface area contributed by atoms with Crippen LogP contribution in [0, 0.1) is 0 Å². The first kappa shape index (κ1) is 14.7. The van der Waals surface area contributed by atoms with Crippen molar-refractivity contribution in [1.29, 1.82) is 0 Å². The van der Waals surface area contributed by atoms with Crippen molar-refractivity contribution in [2.24, 2.45) is 0 Å². The molecule has 3 rings (SSSR count). The molecule has 0 heterocycles. The summed E-state index contributed by atoms with van der Waals surface area (Å²) in [6.07, 6.45) is -9.12. The van der Waals surface area contributed by atoms with E-state index in [-0.39, 0.29) is 21.5 Å². The van der Waals surface area contributed by atoms with E-state index >= 15 is 0 Å². The van der Waals surface area contributed by atoms with E-state index in [4.69, 9.17) is 0 Å². The van der Waals surface area contributed by atoms with Crippen molar-refractivity contribution in [2.45, 2.75) is 12.4 Å². The Morgan fingerprint density at radius 3 is 1.23 bits per heavy atom. The number of alkyl halides is 6. The predicted octanol–water partition coefficient (Wildman–Crippen LogP) is 6.03. The van der Waals surface area contributed by atoms with E-state index in [0.29, 0.717) is 0 Å². The second kappa shape index (κ2) is 4.63. The number of rotatable bonds is 0. The molecule has 0 saturated heterocycles. The highest BCUT2D eigenvalue weighted by Gasteiger charge is 2.34. The molecule has 114 valence electrons. The summed E-state index contributed by atoms with van der Waals surface area (Å²) in [4.78, 5) is 0. The van der Waals surface area contributed by atoms with E-state index in [9.17, 15) is 26.3 Å². The van der Waals surface area contributed by atoms with Crippen molar-refractivity contribution in [3.05, 3.63) is 59.7 Å². The largest absolute Gasteiger partial charge is 0.417 e. The Balaban J connectivity index is 2.41. The van der Waals surface area contributed by atoms with Gasteiger partial charge in [-0.15, -0.1) is 0 Å². The zero-order valence-corrected chi connectivity index (χ0v) is 10.9. The van der Waals surface area contributed by atoms with Crippen LogP contribution in [0.5, 0.6) is 0 Å². The summed E-state index contributed by atoms with van der Waals surface area (Å²) in [6, 6.07) is 9.27. The Morgan fingerprint density at radius 2 is 0.909 bits per heavy atom. The summed E-state index contributed by atoms with van der Waals surface area (Å²) in [7, 11) is 0. The monoisotopic (exact) mass is 314 g/mol. The van der Waals surface area contributed by atoms with Crippen LogP contribution in [0.1, 0.15) is 11.1 Å². The molecule has 0 bridgehead atoms. The Labute approximate surface area is 121 Å². The third-order valence-corrected chi connectivity index (χ3v) is 3.49. The molecule has 0 N–H and O–H groups in total. The first-order valence-electron chi connectivity index (χ1n) is 6.28. The fourth-order valence-corrected chi connectivity index (χ4v) is 2.55. The van der Waals surface area contributed by atoms with E-state index in [1.807, 2.05) is 0 Å². The van der Waals surface area contributed by atoms with Gasteiger partial charge in [0, 0.05) is 0 Å². The van der Waals surface area contributed by atoms with Crippen molar-refractivity contribution in [3.8, 4) is 0 Å². The van der Waals surface area contributed by atoms with Gasteiger partial charge in [-0.05, 0) is 45.8 Å². The molecule has 0 saturated carbocycles. The van der Waals surface area contributed by atoms with Crippen LogP contribution in [0.25, 0.3) is 21.5 Å². The normalized spacial score (nSPS) is 13.0. The number of benzene rings is 3. The SMILES string of the molecule is FC(F)(F)c1cccc2cc3c(C(F)(F)F)cccc3cc12. The van der Waals surface area contributed by atoms with Crippen molar-refractivity contribution in [1.82, 2.24) is 0 Å². The van der Waals surface area contributed by atoms with Gasteiger partial charge in [0.2, 0.25) is 0 Å². The van der Waals surface area contributed by atoms with Gasteiger partial charge in [-0.25, -0.2) is 0 Å². The Hall–Kier alpha value is -2.24. The summed E-state index contributed by atoms with van der Waals surface area (Å²) in [5, 5.41) is 0.0294. The zero-order valence-electron chi connectivity index (χ0n) is 10.9. The molecule has 0 aromatic heterocycles. The molecule has 0 radical (unpaired) electrons. The molecule has 0 fully saturated rings. The van der Waals surface area contributed by atoms with Crippen LogP contribution in [-0.2, 0) is 12.4 Å². The number of hydrogen-bond acceptors (Lipinski definition) is 0. The summed E-state index contributed by atoms with van der Waals surface area (Å²) in [5.41, 5.74) is -1.71. The Morgan fingerprint density at radius 1 is 0.545 bits per heavy atom. The first-order valence-corrected chi connectivity index (χ1v) is 6.28. The van der Waals surface area contributed by atoms with Crippen LogP contribution >= 0.6 is 0 Å². The lowest BCUT2D eigenvalue weighted by Gasteiger charge is -2.14. The maximum atomic E-state index is 13.0. The molecule has 0 unspecified atom stereocenters. The number of fused-ring (bicyclic) bond motifs is 2. The molecule has 6 heteroatoms. The van der Waals surface area contributed by atoms with E-state index in [2.05, 4.69) is 0 Å². The second-order valence-corrected chi connectivity index (χ2v) is 4.90. The highest BCUT2D eigenvalue weighted by atomic mass is 19.4. The van der Waals surface area contributed by atoms with E-state index in [0.717, 1.165) is 24.3 Å². The molecule has 0 spiro atoms. The van der Waals surface area contributed by atoms with Crippen LogP contribution in [0.4, 0.5) is 26.3 Å². The molecule has 0 aliphatic rings. The van der Waals surface area contributed by atoms with Crippen LogP contribution in [0.3, 0.4) is 0 Å². The van der Waals surface area contributed by atoms with Gasteiger partial charge < -0.3 is 0 Å². The molecular weight excluding hydrogens is 306 g/mol. The minimum atomic E-state index is -4.56. The van der Waals surface area contributed by atoms with Crippen molar-refractivity contribution >= 4 is 21.5 Å². The summed E-state index contributed by atoms with van der Waals surface area (Å²) in [6.45, 7) is 0. The van der Waals surface area contributed by atoms with Crippen LogP contribution < -0.4 is 0 Å². The second-order valence-electron chi connectivity index (χ2n) is 4.90. The third kappa shape index (κ3) is 2.38. The van der Waals surface area contributed by atoms with Gasteiger partial charge in [-0.2, -0.15) is 26.3 Å². The standard InChI is InChI=1S/C16H8F6/c17-15(18,19)13-5-1-3-9-7-12-10(8-11(9)13)4-2-6-14(12)16(20,21)22/h1-8H. The fraction of sp³-hybridized carbons (Fsp3) is 0.125. The molecule has 0 aliphatic carbocycles. The van der Waals surface area contributed by atoms with Crippen LogP contribution in [0.2, 0.25) is 0 Å². The molecular formula is C16H8F6. The average molecular weight is 314 g/mol. The van der Waals surface area contributed by atoms with Crippen LogP contribution in [0.15, 0.2) is 48.5 Å². The molecule has 0 nitrogen and oxygen atoms in total. The molecule has 0 amide bonds. The molecule has 0 aliphatic heterocycles. The summed E-state index contributed by atoms with van der Waals surface area (Å²) in [5.74, 6) is 0. The third-order valence-electron chi connectivity index (χ3n) is 3.49. The maximum absolute atomic E-state index is 13.0. The van der Waals surface area contributed by atoms with Crippen molar-refractivity contribution in [2.75, 3.05) is 0 Å². The minimum absolute atomic E-state index is 0.109. The van der Waals surface area contributed by atoms with Crippen molar-refractivity contribution in [3.63, 3.8) is 0 Å². The summed E-state index contributed by atoms with van der Waals surface area (Å²) < 4.78 is 78.0. The van der Waals surface area contributed by atoms with Crippen LogP contribution in [-0.4, -0.2) is 0 Å². The van der Waals surface area contributed by atoms with Gasteiger partial charge in [0.1, 0.15) is 0 Å². The molecule has 3 aromatic rings. The highest BCUT2D eigenvalue weighted by Crippen LogP contribution is 2.39. The Kier molecular flexibility index (Phi) is 3.09. The van der Waals surface area contributed by atoms with Gasteiger partial charge in [-0.3, -0.25) is 0 Å². The molecule has 3 aromatic carbocycles. The number of hydrogen-bond donors (Lipinski definition) is 0. The number of halogens is 6. The average Bonchev–Trinajstić information content (AvgIpc) is 2.41. The maximum Gasteiger partial charge on any atom is 0.417 e. The molecule has 22 heavy (non-hydrogen) atoms. The minimum Gasteiger partial charge on any atom is -0.166 e. The fourth-order valence-electron chi connectivity index (χ4n) is 2.55. The van der Waals surface area contributed by atoms with Gasteiger partial charge in [0.25, 0.3) is 0 Å². The van der Waals surface area contributed by atoms with Gasteiger partial charge in [0.15, 0.2) is 0 Å². The lowest BCUT2D eigenvalue weighted by Crippen LogP contribution is -2.07. The zero-order chi connectivity index (χ0) is 16.1. The van der Waals surface area contributed by atoms with Gasteiger partial charge in [0.05, 0.1) is 11.1 Å². The van der Waals surface area contributed by atoms with E-state index in [1.165, 1.54) is 24.3 Å². The highest BCUT2D eigenvalue weighted by molar-refractivity contribution is 6.01. The Bertz CT molecular complexity index is 784. The van der Waals surface area contributed by atoms with E-state index < -0.39 is 23.5 Å². The van der Waals surface area contributed by atoms with Gasteiger partial charge >= 0.3 is 12.4 Å². The smallest absolute Gasteiger partial charge is 0.166 e. The predicted molar refractivity (Wildman–Crippen MR) is 71.5 cm³/mol. The topological polar surface area (TPSA) is 0 Å². The lowest BCUT2D eigenvalue weighted by atomic mass is 9.96. The molecule has 0 atom stereocenters. The van der Waals surface area contributed by atoms with Crippen molar-refractivity contribution < 1.29 is 26.3 Å². The first-order chi connectivity index (χ1) is 10.2. The lowest BCUT2D eigenvalue weighted by molar-refractivity contribution is -0.137. The summed E-state index contributed by atoms with van der Waals surface area (Å²) >= 11 is 0. The quantitative estimate of drug-likeness (QED) is 0.351.